The number of para-hydroxylation sites is 1. The summed E-state index contributed by atoms with van der Waals surface area (Å²) < 4.78 is 25.1. The number of ether oxygens (including phenoxy) is 4. The van der Waals surface area contributed by atoms with Crippen LogP contribution in [-0.2, 0) is 16.1 Å². The number of rotatable bonds is 10. The summed E-state index contributed by atoms with van der Waals surface area (Å²) in [6.07, 6.45) is 1.61. The molecular formula is C34H33ClN2O6S. The lowest BCUT2D eigenvalue weighted by Gasteiger charge is -2.26. The number of allylic oxidation sites excluding steroid dienone is 1. The van der Waals surface area contributed by atoms with E-state index >= 15 is 0 Å². The summed E-state index contributed by atoms with van der Waals surface area (Å²) in [7, 11) is 1.54. The topological polar surface area (TPSA) is 88.4 Å². The van der Waals surface area contributed by atoms with Gasteiger partial charge in [0.2, 0.25) is 0 Å². The molecule has 2 heterocycles. The standard InChI is InChI=1S/C34H33ClN2O6S/c1-6-41-33(39)29-21(4)36-34-37(30(29)24-14-10-11-15-26(24)43-20(2)3)32(38)28(44-34)18-23-16-25(35)31(27(17-23)40-5)42-19-22-12-8-7-9-13-22/h7-18,20,30H,6,19H2,1-5H3/b28-18+/t30-/m1/s1. The highest BCUT2D eigenvalue weighted by atomic mass is 35.5. The third-order valence-corrected chi connectivity index (χ3v) is 8.13. The Kier molecular flexibility index (Phi) is 9.56. The van der Waals surface area contributed by atoms with E-state index in [2.05, 4.69) is 4.99 Å². The number of fused-ring (bicyclic) bond motifs is 1. The zero-order valence-corrected chi connectivity index (χ0v) is 26.7. The Labute approximate surface area is 264 Å². The Morgan fingerprint density at radius 3 is 2.52 bits per heavy atom. The number of thiazole rings is 1. The molecule has 44 heavy (non-hydrogen) atoms. The molecule has 0 radical (unpaired) electrons. The molecule has 1 aliphatic rings. The van der Waals surface area contributed by atoms with Gasteiger partial charge in [0.05, 0.1) is 40.6 Å². The van der Waals surface area contributed by atoms with Gasteiger partial charge in [-0.1, -0.05) is 71.5 Å². The van der Waals surface area contributed by atoms with E-state index < -0.39 is 12.0 Å². The molecule has 0 saturated carbocycles. The number of methoxy groups -OCH3 is 1. The Morgan fingerprint density at radius 1 is 1.09 bits per heavy atom. The van der Waals surface area contributed by atoms with Crippen molar-refractivity contribution >= 4 is 35.0 Å². The molecule has 0 fully saturated rings. The summed E-state index contributed by atoms with van der Waals surface area (Å²) in [6.45, 7) is 7.84. The Bertz CT molecular complexity index is 1890. The number of nitrogens with zero attached hydrogens (tertiary/aromatic N) is 2. The summed E-state index contributed by atoms with van der Waals surface area (Å²) in [4.78, 5) is 32.5. The van der Waals surface area contributed by atoms with Gasteiger partial charge in [-0.15, -0.1) is 0 Å². The van der Waals surface area contributed by atoms with Gasteiger partial charge < -0.3 is 18.9 Å². The average molecular weight is 633 g/mol. The van der Waals surface area contributed by atoms with Gasteiger partial charge >= 0.3 is 5.97 Å². The van der Waals surface area contributed by atoms with Crippen molar-refractivity contribution in [2.45, 2.75) is 46.4 Å². The first-order valence-corrected chi connectivity index (χ1v) is 15.4. The zero-order valence-electron chi connectivity index (χ0n) is 25.1. The van der Waals surface area contributed by atoms with Crippen LogP contribution < -0.4 is 29.1 Å². The zero-order chi connectivity index (χ0) is 31.4. The monoisotopic (exact) mass is 632 g/mol. The molecule has 228 valence electrons. The Morgan fingerprint density at radius 2 is 1.82 bits per heavy atom. The third kappa shape index (κ3) is 6.44. The fourth-order valence-corrected chi connectivity index (χ4v) is 6.32. The third-order valence-electron chi connectivity index (χ3n) is 6.87. The predicted molar refractivity (Wildman–Crippen MR) is 171 cm³/mol. The minimum absolute atomic E-state index is 0.123. The normalized spacial score (nSPS) is 14.7. The van der Waals surface area contributed by atoms with Crippen molar-refractivity contribution in [2.24, 2.45) is 4.99 Å². The largest absolute Gasteiger partial charge is 0.493 e. The lowest BCUT2D eigenvalue weighted by atomic mass is 9.95. The van der Waals surface area contributed by atoms with Crippen LogP contribution in [0.25, 0.3) is 6.08 Å². The van der Waals surface area contributed by atoms with Crippen molar-refractivity contribution in [3.8, 4) is 17.2 Å². The molecule has 1 aliphatic heterocycles. The van der Waals surface area contributed by atoms with Crippen molar-refractivity contribution in [3.63, 3.8) is 0 Å². The van der Waals surface area contributed by atoms with E-state index in [4.69, 9.17) is 30.5 Å². The number of halogens is 1. The van der Waals surface area contributed by atoms with E-state index in [1.807, 2.05) is 68.4 Å². The Balaban J connectivity index is 1.62. The van der Waals surface area contributed by atoms with E-state index in [-0.39, 0.29) is 23.8 Å². The van der Waals surface area contributed by atoms with E-state index in [9.17, 15) is 9.59 Å². The number of carbonyl (C=O) groups is 1. The first kappa shape index (κ1) is 31.1. The second kappa shape index (κ2) is 13.5. The molecule has 0 bridgehead atoms. The van der Waals surface area contributed by atoms with Gasteiger partial charge in [0.25, 0.3) is 5.56 Å². The second-order valence-corrected chi connectivity index (χ2v) is 11.7. The molecular weight excluding hydrogens is 600 g/mol. The van der Waals surface area contributed by atoms with Crippen LogP contribution in [0.5, 0.6) is 17.2 Å². The first-order valence-electron chi connectivity index (χ1n) is 14.2. The van der Waals surface area contributed by atoms with Gasteiger partial charge in [-0.05, 0) is 63.1 Å². The summed E-state index contributed by atoms with van der Waals surface area (Å²) in [5.41, 5.74) is 2.75. The van der Waals surface area contributed by atoms with Gasteiger partial charge in [0.15, 0.2) is 16.3 Å². The molecule has 10 heteroatoms. The van der Waals surface area contributed by atoms with Gasteiger partial charge in [-0.2, -0.15) is 0 Å². The highest BCUT2D eigenvalue weighted by Gasteiger charge is 2.35. The molecule has 1 aromatic heterocycles. The fourth-order valence-electron chi connectivity index (χ4n) is 5.00. The average Bonchev–Trinajstić information content (AvgIpc) is 3.30. The van der Waals surface area contributed by atoms with Crippen molar-refractivity contribution in [3.05, 3.63) is 119 Å². The molecule has 3 aromatic carbocycles. The van der Waals surface area contributed by atoms with E-state index in [1.54, 1.807) is 32.1 Å². The maximum absolute atomic E-state index is 14.1. The molecule has 4 aromatic rings. The minimum Gasteiger partial charge on any atom is -0.493 e. The van der Waals surface area contributed by atoms with Crippen LogP contribution in [0.2, 0.25) is 5.02 Å². The molecule has 8 nitrogen and oxygen atoms in total. The Hall–Kier alpha value is -4.34. The highest BCUT2D eigenvalue weighted by Crippen LogP contribution is 2.38. The van der Waals surface area contributed by atoms with Gasteiger partial charge in [0, 0.05) is 5.56 Å². The minimum atomic E-state index is -0.797. The van der Waals surface area contributed by atoms with E-state index in [1.165, 1.54) is 23.0 Å². The van der Waals surface area contributed by atoms with Crippen LogP contribution in [-0.4, -0.2) is 30.4 Å². The van der Waals surface area contributed by atoms with E-state index in [0.717, 1.165) is 5.56 Å². The van der Waals surface area contributed by atoms with Crippen molar-refractivity contribution in [1.82, 2.24) is 4.57 Å². The van der Waals surface area contributed by atoms with Gasteiger partial charge in [-0.3, -0.25) is 9.36 Å². The summed E-state index contributed by atoms with van der Waals surface area (Å²) in [5.74, 6) is 0.884. The van der Waals surface area contributed by atoms with Crippen molar-refractivity contribution < 1.29 is 23.7 Å². The van der Waals surface area contributed by atoms with Crippen LogP contribution >= 0.6 is 22.9 Å². The summed E-state index contributed by atoms with van der Waals surface area (Å²) in [5, 5.41) is 0.345. The van der Waals surface area contributed by atoms with Gasteiger partial charge in [-0.25, -0.2) is 9.79 Å². The predicted octanol–water partition coefficient (Wildman–Crippen LogP) is 5.83. The SMILES string of the molecule is CCOC(=O)C1=C(C)N=c2s/c(=C/c3cc(Cl)c(OCc4ccccc4)c(OC)c3)c(=O)n2[C@@H]1c1ccccc1OC(C)C. The fraction of sp³-hybridized carbons (Fsp3) is 0.265. The quantitative estimate of drug-likeness (QED) is 0.205. The number of carbonyl (C=O) groups excluding carboxylic acids is 1. The van der Waals surface area contributed by atoms with Crippen LogP contribution in [0.1, 0.15) is 50.4 Å². The number of hydrogen-bond donors (Lipinski definition) is 0. The first-order chi connectivity index (χ1) is 21.2. The number of hydrogen-bond acceptors (Lipinski definition) is 8. The molecule has 1 atom stereocenters. The molecule has 0 unspecified atom stereocenters. The van der Waals surface area contributed by atoms with Crippen LogP contribution in [0.3, 0.4) is 0 Å². The number of esters is 1. The summed E-state index contributed by atoms with van der Waals surface area (Å²) in [6, 6.07) is 19.8. The maximum atomic E-state index is 14.1. The second-order valence-electron chi connectivity index (χ2n) is 10.3. The van der Waals surface area contributed by atoms with Gasteiger partial charge in [0.1, 0.15) is 18.4 Å². The van der Waals surface area contributed by atoms with E-state index in [0.29, 0.717) is 55.0 Å². The molecule has 0 N–H and O–H groups in total. The number of aromatic nitrogens is 1. The van der Waals surface area contributed by atoms with Crippen molar-refractivity contribution in [1.29, 1.82) is 0 Å². The highest BCUT2D eigenvalue weighted by molar-refractivity contribution is 7.07. The van der Waals surface area contributed by atoms with Crippen molar-refractivity contribution in [2.75, 3.05) is 13.7 Å². The van der Waals surface area contributed by atoms with Crippen LogP contribution in [0.4, 0.5) is 0 Å². The maximum Gasteiger partial charge on any atom is 0.338 e. The molecule has 0 amide bonds. The summed E-state index contributed by atoms with van der Waals surface area (Å²) >= 11 is 7.88. The molecule has 0 saturated heterocycles. The van der Waals surface area contributed by atoms with Crippen LogP contribution in [0.15, 0.2) is 87.8 Å². The smallest absolute Gasteiger partial charge is 0.338 e. The lowest BCUT2D eigenvalue weighted by Crippen LogP contribution is -2.40. The molecule has 0 aliphatic carbocycles. The molecule has 5 rings (SSSR count). The lowest BCUT2D eigenvalue weighted by molar-refractivity contribution is -0.139. The van der Waals surface area contributed by atoms with Crippen LogP contribution in [0, 0.1) is 0 Å². The molecule has 0 spiro atoms. The number of benzene rings is 3.